The molecule has 0 fully saturated rings. The van der Waals surface area contributed by atoms with E-state index in [1.165, 1.54) is 0 Å². The van der Waals surface area contributed by atoms with Gasteiger partial charge in [0.2, 0.25) is 0 Å². The molecule has 7 aromatic rings. The molecule has 0 saturated carbocycles. The number of carbonyl (C=O) groups excluding carboxylic acids is 1. The van der Waals surface area contributed by atoms with Crippen LogP contribution in [0.5, 0.6) is 23.0 Å². The molecule has 0 aliphatic carbocycles. The number of hydrogen-bond acceptors (Lipinski definition) is 9. The first-order valence-corrected chi connectivity index (χ1v) is 17.6. The number of aryl methyl sites for hydroxylation is 3. The quantitative estimate of drug-likeness (QED) is 0.130. The van der Waals surface area contributed by atoms with E-state index in [9.17, 15) is 4.79 Å². The summed E-state index contributed by atoms with van der Waals surface area (Å²) in [5.41, 5.74) is 6.83. The van der Waals surface area contributed by atoms with Crippen molar-refractivity contribution in [2.24, 2.45) is 0 Å². The minimum atomic E-state index is -0.264. The van der Waals surface area contributed by atoms with E-state index in [0.717, 1.165) is 33.8 Å². The molecule has 0 aliphatic rings. The number of nitrogens with one attached hydrogen (secondary N) is 1. The van der Waals surface area contributed by atoms with Crippen LogP contribution in [0.2, 0.25) is 0 Å². The zero-order valence-corrected chi connectivity index (χ0v) is 31.2. The third-order valence-electron chi connectivity index (χ3n) is 9.27. The topological polar surface area (TPSA) is 132 Å². The molecule has 0 bridgehead atoms. The van der Waals surface area contributed by atoms with Crippen LogP contribution < -0.4 is 24.3 Å². The van der Waals surface area contributed by atoms with E-state index in [0.29, 0.717) is 71.1 Å². The van der Waals surface area contributed by atoms with Gasteiger partial charge in [-0.15, -0.1) is 10.2 Å². The highest BCUT2D eigenvalue weighted by Gasteiger charge is 2.28. The summed E-state index contributed by atoms with van der Waals surface area (Å²) in [4.78, 5) is 18.6. The van der Waals surface area contributed by atoms with Gasteiger partial charge in [-0.2, -0.15) is 5.10 Å². The molecule has 3 aromatic carbocycles. The minimum absolute atomic E-state index is 0.243. The second-order valence-corrected chi connectivity index (χ2v) is 12.7. The zero-order valence-electron chi connectivity index (χ0n) is 31.2. The molecule has 0 atom stereocenters. The van der Waals surface area contributed by atoms with Gasteiger partial charge in [0.05, 0.1) is 51.0 Å². The predicted molar refractivity (Wildman–Crippen MR) is 204 cm³/mol. The van der Waals surface area contributed by atoms with E-state index in [1.54, 1.807) is 33.7 Å². The van der Waals surface area contributed by atoms with Gasteiger partial charge in [-0.25, -0.2) is 4.98 Å². The van der Waals surface area contributed by atoms with Crippen LogP contribution in [-0.2, 0) is 26.2 Å². The van der Waals surface area contributed by atoms with Gasteiger partial charge >= 0.3 is 0 Å². The first kappa shape index (κ1) is 35.8. The molecule has 13 nitrogen and oxygen atoms in total. The lowest BCUT2D eigenvalue weighted by Gasteiger charge is -2.14. The second kappa shape index (κ2) is 15.5. The molecule has 7 rings (SSSR count). The summed E-state index contributed by atoms with van der Waals surface area (Å²) in [6.07, 6.45) is 1.71. The molecule has 0 unspecified atom stereocenters. The lowest BCUT2D eigenvalue weighted by atomic mass is 10.1. The molecule has 1 N–H and O–H groups in total. The van der Waals surface area contributed by atoms with Crippen LogP contribution >= 0.6 is 0 Å². The predicted octanol–water partition coefficient (Wildman–Crippen LogP) is 6.68. The molecular formula is C41H42N8O5. The number of methoxy groups -OCH3 is 3. The van der Waals surface area contributed by atoms with Crippen LogP contribution in [0.15, 0.2) is 91.3 Å². The Bertz CT molecular complexity index is 2410. The summed E-state index contributed by atoms with van der Waals surface area (Å²) >= 11 is 0. The Labute approximate surface area is 313 Å². The maximum atomic E-state index is 14.0. The Morgan fingerprint density at radius 3 is 2.28 bits per heavy atom. The highest BCUT2D eigenvalue weighted by Crippen LogP contribution is 2.36. The van der Waals surface area contributed by atoms with Crippen LogP contribution in [0.25, 0.3) is 28.6 Å². The average molecular weight is 727 g/mol. The van der Waals surface area contributed by atoms with Gasteiger partial charge in [-0.05, 0) is 68.3 Å². The van der Waals surface area contributed by atoms with Crippen molar-refractivity contribution in [3.05, 3.63) is 125 Å². The van der Waals surface area contributed by atoms with Crippen molar-refractivity contribution in [3.63, 3.8) is 0 Å². The average Bonchev–Trinajstić information content (AvgIpc) is 3.88. The van der Waals surface area contributed by atoms with Gasteiger partial charge in [0.25, 0.3) is 5.91 Å². The number of fused-ring (bicyclic) bond motifs is 1. The molecule has 54 heavy (non-hydrogen) atoms. The Morgan fingerprint density at radius 2 is 1.56 bits per heavy atom. The van der Waals surface area contributed by atoms with Crippen molar-refractivity contribution >= 4 is 11.4 Å². The molecule has 1 amide bonds. The molecular weight excluding hydrogens is 685 g/mol. The molecule has 0 spiro atoms. The smallest absolute Gasteiger partial charge is 0.253 e. The van der Waals surface area contributed by atoms with E-state index in [4.69, 9.17) is 34.2 Å². The van der Waals surface area contributed by atoms with Crippen molar-refractivity contribution in [2.75, 3.05) is 21.3 Å². The van der Waals surface area contributed by atoms with Crippen molar-refractivity contribution in [3.8, 4) is 46.0 Å². The van der Waals surface area contributed by atoms with Crippen LogP contribution in [0.1, 0.15) is 45.4 Å². The second-order valence-electron chi connectivity index (χ2n) is 12.7. The summed E-state index contributed by atoms with van der Waals surface area (Å²) in [5.74, 6) is 3.50. The van der Waals surface area contributed by atoms with Gasteiger partial charge in [0.1, 0.15) is 35.2 Å². The largest absolute Gasteiger partial charge is 0.497 e. The van der Waals surface area contributed by atoms with Crippen LogP contribution in [-0.4, -0.2) is 61.2 Å². The van der Waals surface area contributed by atoms with Gasteiger partial charge in [-0.3, -0.25) is 18.4 Å². The van der Waals surface area contributed by atoms with Crippen LogP contribution in [0.4, 0.5) is 0 Å². The maximum Gasteiger partial charge on any atom is 0.253 e. The van der Waals surface area contributed by atoms with E-state index in [2.05, 4.69) is 10.3 Å². The number of rotatable bonds is 14. The number of benzene rings is 3. The van der Waals surface area contributed by atoms with Gasteiger partial charge in [0.15, 0.2) is 17.4 Å². The summed E-state index contributed by atoms with van der Waals surface area (Å²) in [6.45, 7) is 7.44. The first-order chi connectivity index (χ1) is 26.3. The lowest BCUT2D eigenvalue weighted by Crippen LogP contribution is -2.23. The molecule has 13 heteroatoms. The Kier molecular flexibility index (Phi) is 10.3. The summed E-state index contributed by atoms with van der Waals surface area (Å²) in [6, 6.07) is 27.1. The minimum Gasteiger partial charge on any atom is -0.497 e. The Morgan fingerprint density at radius 1 is 0.815 bits per heavy atom. The van der Waals surface area contributed by atoms with Crippen LogP contribution in [0, 0.1) is 13.8 Å². The van der Waals surface area contributed by atoms with Crippen molar-refractivity contribution < 1.29 is 23.7 Å². The van der Waals surface area contributed by atoms with Gasteiger partial charge < -0.3 is 24.3 Å². The third-order valence-corrected chi connectivity index (χ3v) is 9.27. The van der Waals surface area contributed by atoms with Crippen molar-refractivity contribution in [1.29, 1.82) is 0 Å². The van der Waals surface area contributed by atoms with E-state index in [1.807, 2.05) is 113 Å². The van der Waals surface area contributed by atoms with E-state index < -0.39 is 0 Å². The standard InChI is InChI=1S/C41H42N8O5/c1-7-49-37(38(27(3)46-49)54-24-29-11-9-8-10-12-29)40-45-44-39(47(40)23-28-13-16-31(51-4)17-14-28)35-21-33(34-19-26(2)43-25-48(34)35)41(50)42-22-30-15-18-32(52-5)20-36(30)53-6/h8-21,25H,7,22-24H2,1-6H3,(H,42,50). The number of carbonyl (C=O) groups is 1. The summed E-state index contributed by atoms with van der Waals surface area (Å²) < 4.78 is 28.6. The van der Waals surface area contributed by atoms with Crippen LogP contribution in [0.3, 0.4) is 0 Å². The monoisotopic (exact) mass is 726 g/mol. The fourth-order valence-corrected chi connectivity index (χ4v) is 6.46. The van der Waals surface area contributed by atoms with Crippen molar-refractivity contribution in [2.45, 2.75) is 47.0 Å². The highest BCUT2D eigenvalue weighted by molar-refractivity contribution is 6.02. The molecule has 4 heterocycles. The number of nitrogens with zero attached hydrogens (tertiary/aromatic N) is 7. The number of aromatic nitrogens is 7. The normalized spacial score (nSPS) is 11.1. The molecule has 0 aliphatic heterocycles. The maximum absolute atomic E-state index is 14.0. The number of ether oxygens (including phenoxy) is 4. The SMILES string of the molecule is CCn1nc(C)c(OCc2ccccc2)c1-c1nnc(-c2cc(C(=O)NCc3ccc(OC)cc3OC)c3cc(C)ncn23)n1Cc1ccc(OC)cc1. The lowest BCUT2D eigenvalue weighted by molar-refractivity contribution is 0.0952. The first-order valence-electron chi connectivity index (χ1n) is 17.6. The third kappa shape index (κ3) is 7.07. The van der Waals surface area contributed by atoms with E-state index in [-0.39, 0.29) is 12.5 Å². The number of hydrogen-bond donors (Lipinski definition) is 1. The molecule has 4 aromatic heterocycles. The number of amides is 1. The molecule has 0 radical (unpaired) electrons. The summed E-state index contributed by atoms with van der Waals surface area (Å²) in [7, 11) is 4.83. The van der Waals surface area contributed by atoms with Gasteiger partial charge in [0, 0.05) is 30.4 Å². The molecule has 276 valence electrons. The highest BCUT2D eigenvalue weighted by atomic mass is 16.5. The van der Waals surface area contributed by atoms with E-state index >= 15 is 0 Å². The fourth-order valence-electron chi connectivity index (χ4n) is 6.46. The Hall–Kier alpha value is -6.63. The summed E-state index contributed by atoms with van der Waals surface area (Å²) in [5, 5.41) is 17.5. The fraction of sp³-hybridized carbons (Fsp3) is 0.244. The van der Waals surface area contributed by atoms with Gasteiger partial charge in [-0.1, -0.05) is 42.5 Å². The Balaban J connectivity index is 1.33. The van der Waals surface area contributed by atoms with Crippen molar-refractivity contribution in [1.82, 2.24) is 39.2 Å². The zero-order chi connectivity index (χ0) is 37.8. The molecule has 0 saturated heterocycles.